The zero-order chi connectivity index (χ0) is 33.0. The van der Waals surface area contributed by atoms with E-state index in [1.165, 1.54) is 62.5 Å². The van der Waals surface area contributed by atoms with E-state index in [0.29, 0.717) is 22.7 Å². The Hall–Kier alpha value is -1.46. The molecule has 1 aromatic heterocycles. The van der Waals surface area contributed by atoms with Gasteiger partial charge in [0.05, 0.1) is 28.1 Å². The van der Waals surface area contributed by atoms with Crippen molar-refractivity contribution in [3.63, 3.8) is 0 Å². The number of allylic oxidation sites excluding steroid dienone is 2. The second-order valence-electron chi connectivity index (χ2n) is 19.5. The molecule has 4 aliphatic carbocycles. The maximum Gasteiger partial charge on any atom is 0.0953 e. The van der Waals surface area contributed by atoms with Crippen molar-refractivity contribution in [1.29, 1.82) is 0 Å². The summed E-state index contributed by atoms with van der Waals surface area (Å²) in [4.78, 5) is 0. The van der Waals surface area contributed by atoms with Gasteiger partial charge in [-0.2, -0.15) is 0 Å². The van der Waals surface area contributed by atoms with Crippen LogP contribution in [0.1, 0.15) is 158 Å². The molecule has 5 heteroatoms. The quantitative estimate of drug-likeness (QED) is 0.304. The average Bonchev–Trinajstić information content (AvgIpc) is 3.66. The van der Waals surface area contributed by atoms with E-state index >= 15 is 0 Å². The van der Waals surface area contributed by atoms with Crippen molar-refractivity contribution in [3.05, 3.63) is 35.2 Å². The van der Waals surface area contributed by atoms with Crippen LogP contribution in [0.3, 0.4) is 0 Å². The van der Waals surface area contributed by atoms with Gasteiger partial charge in [-0.3, -0.25) is 4.68 Å². The van der Waals surface area contributed by atoms with E-state index < -0.39 is 0 Å². The first-order valence-corrected chi connectivity index (χ1v) is 19.1. The Morgan fingerprint density at radius 2 is 1.17 bits per heavy atom. The van der Waals surface area contributed by atoms with Crippen molar-refractivity contribution >= 4 is 0 Å². The van der Waals surface area contributed by atoms with Crippen molar-refractivity contribution < 1.29 is 9.47 Å². The number of aryl methyl sites for hydroxylation is 1. The van der Waals surface area contributed by atoms with Crippen molar-refractivity contribution in [2.24, 2.45) is 33.5 Å². The molecule has 0 N–H and O–H groups in total. The molecule has 2 saturated heterocycles. The zero-order valence-corrected chi connectivity index (χ0v) is 31.2. The van der Waals surface area contributed by atoms with Gasteiger partial charge in [0.15, 0.2) is 0 Å². The van der Waals surface area contributed by atoms with Crippen LogP contribution in [0.4, 0.5) is 0 Å². The van der Waals surface area contributed by atoms with Crippen LogP contribution < -0.4 is 0 Å². The Kier molecular flexibility index (Phi) is 7.56. The molecule has 7 rings (SSSR count). The summed E-state index contributed by atoms with van der Waals surface area (Å²) < 4.78 is 16.9. The predicted octanol–water partition coefficient (Wildman–Crippen LogP) is 10.2. The molecular weight excluding hydrogens is 566 g/mol. The Labute approximate surface area is 280 Å². The van der Waals surface area contributed by atoms with Gasteiger partial charge in [0.25, 0.3) is 0 Å². The van der Waals surface area contributed by atoms with E-state index in [4.69, 9.17) is 14.6 Å². The third-order valence-electron chi connectivity index (χ3n) is 15.8. The van der Waals surface area contributed by atoms with Crippen molar-refractivity contribution in [2.45, 2.75) is 188 Å². The Balaban J connectivity index is 1.03. The minimum absolute atomic E-state index is 0.130. The summed E-state index contributed by atoms with van der Waals surface area (Å²) in [7, 11) is 0. The van der Waals surface area contributed by atoms with Gasteiger partial charge in [0, 0.05) is 30.0 Å². The molecule has 6 aliphatic rings. The summed E-state index contributed by atoms with van der Waals surface area (Å²) >= 11 is 0. The first kappa shape index (κ1) is 33.1. The monoisotopic (exact) mass is 632 g/mol. The van der Waals surface area contributed by atoms with Gasteiger partial charge >= 0.3 is 0 Å². The van der Waals surface area contributed by atoms with Gasteiger partial charge < -0.3 is 9.47 Å². The van der Waals surface area contributed by atoms with E-state index in [1.807, 2.05) is 0 Å². The molecule has 0 radical (unpaired) electrons. The normalized spacial score (nSPS) is 46.2. The highest BCUT2D eigenvalue weighted by molar-refractivity contribution is 5.32. The molecular formula is C41H65N3O2. The van der Waals surface area contributed by atoms with Crippen LogP contribution in [-0.4, -0.2) is 37.4 Å². The number of fused-ring (bicyclic) bond motifs is 4. The van der Waals surface area contributed by atoms with Gasteiger partial charge in [-0.05, 0) is 132 Å². The molecule has 256 valence electrons. The summed E-state index contributed by atoms with van der Waals surface area (Å²) in [5.41, 5.74) is 4.48. The fourth-order valence-electron chi connectivity index (χ4n) is 13.0. The lowest BCUT2D eigenvalue weighted by molar-refractivity contribution is -0.190. The molecule has 0 amide bonds. The largest absolute Gasteiger partial charge is 0.364 e. The van der Waals surface area contributed by atoms with E-state index in [9.17, 15) is 0 Å². The first-order valence-electron chi connectivity index (χ1n) is 19.1. The minimum atomic E-state index is -0.222. The standard InChI is InChI=1S/C41H65N3O2/c1-29-13-15-32-34(3,4)17-11-19-38(32,9)40(29)23-21-36(7,45-40)25-26-44-28-31(42-43-44)27-37(8)22-24-41(46-37)30(2)14-16-33-35(5,6)18-12-20-39(33,41)10/h13-14,28,32-33H,11-12,15-27H2,1-10H3/t32-,33-,36-,37-,38-,39-,40+,41+/m0/s1. The van der Waals surface area contributed by atoms with E-state index in [-0.39, 0.29) is 33.2 Å². The molecule has 4 fully saturated rings. The van der Waals surface area contributed by atoms with Crippen LogP contribution in [0, 0.1) is 33.5 Å². The molecule has 0 unspecified atom stereocenters. The molecule has 2 aliphatic heterocycles. The molecule has 0 bridgehead atoms. The molecule has 2 saturated carbocycles. The summed E-state index contributed by atoms with van der Waals surface area (Å²) in [5.74, 6) is 1.35. The maximum absolute atomic E-state index is 7.40. The highest BCUT2D eigenvalue weighted by Gasteiger charge is 2.66. The Morgan fingerprint density at radius 3 is 1.72 bits per heavy atom. The van der Waals surface area contributed by atoms with Crippen LogP contribution in [0.5, 0.6) is 0 Å². The number of hydrogen-bond donors (Lipinski definition) is 0. The zero-order valence-electron chi connectivity index (χ0n) is 31.2. The lowest BCUT2D eigenvalue weighted by atomic mass is 9.46. The molecule has 1 aromatic rings. The van der Waals surface area contributed by atoms with Crippen molar-refractivity contribution in [1.82, 2.24) is 15.0 Å². The van der Waals surface area contributed by atoms with Crippen LogP contribution in [0.15, 0.2) is 29.5 Å². The smallest absolute Gasteiger partial charge is 0.0953 e. The summed E-state index contributed by atoms with van der Waals surface area (Å²) in [6, 6.07) is 0. The predicted molar refractivity (Wildman–Crippen MR) is 186 cm³/mol. The third kappa shape index (κ3) is 4.73. The second kappa shape index (κ2) is 10.5. The van der Waals surface area contributed by atoms with Gasteiger partial charge in [-0.15, -0.1) is 5.10 Å². The van der Waals surface area contributed by atoms with Crippen LogP contribution in [0.25, 0.3) is 0 Å². The number of aromatic nitrogens is 3. The number of nitrogens with zero attached hydrogens (tertiary/aromatic N) is 3. The highest BCUT2D eigenvalue weighted by atomic mass is 16.5. The fraction of sp³-hybridized carbons (Fsp3) is 0.854. The van der Waals surface area contributed by atoms with Gasteiger partial charge in [-0.1, -0.05) is 71.7 Å². The molecule has 8 atom stereocenters. The third-order valence-corrected chi connectivity index (χ3v) is 15.8. The van der Waals surface area contributed by atoms with Crippen LogP contribution >= 0.6 is 0 Å². The van der Waals surface area contributed by atoms with E-state index in [2.05, 4.69) is 97.5 Å². The Bertz CT molecular complexity index is 1420. The molecule has 46 heavy (non-hydrogen) atoms. The number of rotatable bonds is 5. The molecule has 2 spiro atoms. The van der Waals surface area contributed by atoms with Gasteiger partial charge in [-0.25, -0.2) is 0 Å². The fourth-order valence-corrected chi connectivity index (χ4v) is 13.0. The Morgan fingerprint density at radius 1 is 0.674 bits per heavy atom. The van der Waals surface area contributed by atoms with Gasteiger partial charge in [0.1, 0.15) is 0 Å². The average molecular weight is 632 g/mol. The van der Waals surface area contributed by atoms with Crippen molar-refractivity contribution in [3.8, 4) is 0 Å². The topological polar surface area (TPSA) is 49.2 Å². The SMILES string of the molecule is CC1=CC[C@H]2C(C)(C)CCC[C@]2(C)[C@@]12CC[C@@](C)(CCn1cc(C[C@]3(C)CC[C@@]4(O3)C(C)=CC[C@H]3C(C)(C)CCC[C@@]34C)nn1)O2. The molecule has 5 nitrogen and oxygen atoms in total. The van der Waals surface area contributed by atoms with Crippen LogP contribution in [0.2, 0.25) is 0 Å². The van der Waals surface area contributed by atoms with E-state index in [1.54, 1.807) is 0 Å². The first-order chi connectivity index (χ1) is 21.4. The number of hydrogen-bond acceptors (Lipinski definition) is 4. The van der Waals surface area contributed by atoms with Gasteiger partial charge in [0.2, 0.25) is 0 Å². The van der Waals surface area contributed by atoms with Crippen LogP contribution in [-0.2, 0) is 22.4 Å². The summed E-state index contributed by atoms with van der Waals surface area (Å²) in [6.45, 7) is 25.4. The highest BCUT2D eigenvalue weighted by Crippen LogP contribution is 2.68. The summed E-state index contributed by atoms with van der Waals surface area (Å²) in [5, 5.41) is 9.36. The number of ether oxygens (including phenoxy) is 2. The molecule has 0 aromatic carbocycles. The molecule has 3 heterocycles. The lowest BCUT2D eigenvalue weighted by Gasteiger charge is -2.61. The minimum Gasteiger partial charge on any atom is -0.364 e. The van der Waals surface area contributed by atoms with E-state index in [0.717, 1.165) is 50.8 Å². The summed E-state index contributed by atoms with van der Waals surface area (Å²) in [6.07, 6.45) is 23.7. The lowest BCUT2D eigenvalue weighted by Crippen LogP contribution is -2.59. The second-order valence-corrected chi connectivity index (χ2v) is 19.5. The van der Waals surface area contributed by atoms with Crippen molar-refractivity contribution in [2.75, 3.05) is 0 Å². The maximum atomic E-state index is 7.40.